The summed E-state index contributed by atoms with van der Waals surface area (Å²) in [5, 5.41) is 0. The van der Waals surface area contributed by atoms with Gasteiger partial charge < -0.3 is 0 Å². The zero-order valence-electron chi connectivity index (χ0n) is 6.73. The maximum absolute atomic E-state index is 3.62. The van der Waals surface area contributed by atoms with Crippen molar-refractivity contribution in [3.8, 4) is 0 Å². The number of rotatable bonds is 3. The van der Waals surface area contributed by atoms with E-state index in [-0.39, 0.29) is 0 Å². The average molecular weight is 137 g/mol. The standard InChI is InChI=1S/C10H17/c1-2-3-7-10-8-5-4-6-9-10/h10H,1,3-9H2. The Hall–Kier alpha value is -0.260. The molecule has 1 radical (unpaired) electrons. The maximum atomic E-state index is 3.62. The Kier molecular flexibility index (Phi) is 3.56. The van der Waals surface area contributed by atoms with E-state index in [1.165, 1.54) is 38.5 Å². The summed E-state index contributed by atoms with van der Waals surface area (Å²) in [6, 6.07) is 0. The molecule has 10 heavy (non-hydrogen) atoms. The second kappa shape index (κ2) is 4.54. The van der Waals surface area contributed by atoms with Crippen LogP contribution in [-0.2, 0) is 0 Å². The molecule has 0 N–H and O–H groups in total. The second-order valence-electron chi connectivity index (χ2n) is 3.29. The molecule has 0 aromatic heterocycles. The van der Waals surface area contributed by atoms with Gasteiger partial charge in [-0.25, -0.2) is 0 Å². The highest BCUT2D eigenvalue weighted by Crippen LogP contribution is 2.26. The molecular formula is C10H17. The number of hydrogen-bond acceptors (Lipinski definition) is 0. The lowest BCUT2D eigenvalue weighted by atomic mass is 9.86. The van der Waals surface area contributed by atoms with Crippen LogP contribution in [0.5, 0.6) is 0 Å². The molecule has 1 fully saturated rings. The zero-order valence-corrected chi connectivity index (χ0v) is 6.73. The van der Waals surface area contributed by atoms with Crippen molar-refractivity contribution in [2.24, 2.45) is 5.92 Å². The SMILES string of the molecule is C=[C]CCC1CCCCC1. The Morgan fingerprint density at radius 1 is 1.20 bits per heavy atom. The van der Waals surface area contributed by atoms with E-state index in [1.54, 1.807) is 0 Å². The molecule has 0 atom stereocenters. The summed E-state index contributed by atoms with van der Waals surface area (Å²) in [7, 11) is 0. The van der Waals surface area contributed by atoms with Crippen LogP contribution in [-0.4, -0.2) is 0 Å². The fraction of sp³-hybridized carbons (Fsp3) is 0.800. The molecule has 1 aliphatic rings. The predicted molar refractivity (Wildman–Crippen MR) is 44.7 cm³/mol. The lowest BCUT2D eigenvalue weighted by molar-refractivity contribution is 0.340. The van der Waals surface area contributed by atoms with Crippen LogP contribution in [0.3, 0.4) is 0 Å². The first kappa shape index (κ1) is 7.84. The summed E-state index contributed by atoms with van der Waals surface area (Å²) < 4.78 is 0. The van der Waals surface area contributed by atoms with Crippen LogP contribution in [0.15, 0.2) is 6.58 Å². The fourth-order valence-corrected chi connectivity index (χ4v) is 1.78. The minimum absolute atomic E-state index is 1.00. The third-order valence-electron chi connectivity index (χ3n) is 2.45. The zero-order chi connectivity index (χ0) is 7.23. The van der Waals surface area contributed by atoms with E-state index in [2.05, 4.69) is 12.7 Å². The molecule has 57 valence electrons. The molecule has 1 saturated carbocycles. The monoisotopic (exact) mass is 137 g/mol. The smallest absolute Gasteiger partial charge is 0.0280 e. The van der Waals surface area contributed by atoms with Gasteiger partial charge in [0.15, 0.2) is 0 Å². The first-order valence-electron chi connectivity index (χ1n) is 4.43. The normalized spacial score (nSPS) is 20.8. The van der Waals surface area contributed by atoms with Gasteiger partial charge in [0.05, 0.1) is 0 Å². The predicted octanol–water partition coefficient (Wildman–Crippen LogP) is 3.34. The molecule has 0 unspecified atom stereocenters. The molecule has 0 heterocycles. The molecule has 0 amide bonds. The van der Waals surface area contributed by atoms with E-state index < -0.39 is 0 Å². The van der Waals surface area contributed by atoms with Crippen LogP contribution < -0.4 is 0 Å². The average Bonchev–Trinajstić information content (AvgIpc) is 2.03. The van der Waals surface area contributed by atoms with Gasteiger partial charge in [-0.3, -0.25) is 0 Å². The van der Waals surface area contributed by atoms with Gasteiger partial charge in [-0.2, -0.15) is 0 Å². The number of allylic oxidation sites excluding steroid dienone is 1. The molecule has 1 rings (SSSR count). The van der Waals surface area contributed by atoms with E-state index in [0.29, 0.717) is 0 Å². The van der Waals surface area contributed by atoms with E-state index >= 15 is 0 Å². The highest BCUT2D eigenvalue weighted by atomic mass is 14.2. The van der Waals surface area contributed by atoms with Crippen molar-refractivity contribution in [3.63, 3.8) is 0 Å². The molecule has 0 bridgehead atoms. The van der Waals surface area contributed by atoms with Crippen LogP contribution in [0.25, 0.3) is 0 Å². The topological polar surface area (TPSA) is 0 Å². The van der Waals surface area contributed by atoms with Crippen molar-refractivity contribution in [2.45, 2.75) is 44.9 Å². The molecule has 0 aromatic carbocycles. The van der Waals surface area contributed by atoms with Crippen molar-refractivity contribution >= 4 is 0 Å². The van der Waals surface area contributed by atoms with Crippen LogP contribution in [0.2, 0.25) is 0 Å². The first-order chi connectivity index (χ1) is 4.93. The van der Waals surface area contributed by atoms with E-state index in [1.807, 2.05) is 0 Å². The van der Waals surface area contributed by atoms with Gasteiger partial charge in [-0.15, -0.1) is 0 Å². The van der Waals surface area contributed by atoms with Crippen LogP contribution in [0.1, 0.15) is 44.9 Å². The van der Waals surface area contributed by atoms with Crippen molar-refractivity contribution in [1.29, 1.82) is 0 Å². The van der Waals surface area contributed by atoms with Gasteiger partial charge in [-0.1, -0.05) is 44.8 Å². The van der Waals surface area contributed by atoms with Gasteiger partial charge in [0.25, 0.3) is 0 Å². The third kappa shape index (κ3) is 2.55. The van der Waals surface area contributed by atoms with E-state index in [4.69, 9.17) is 0 Å². The summed E-state index contributed by atoms with van der Waals surface area (Å²) in [6.07, 6.45) is 12.7. The Labute approximate surface area is 64.3 Å². The van der Waals surface area contributed by atoms with Crippen molar-refractivity contribution in [3.05, 3.63) is 12.7 Å². The van der Waals surface area contributed by atoms with Crippen LogP contribution in [0, 0.1) is 12.0 Å². The first-order valence-corrected chi connectivity index (χ1v) is 4.43. The molecule has 0 heteroatoms. The van der Waals surface area contributed by atoms with Gasteiger partial charge in [0, 0.05) is 0 Å². The van der Waals surface area contributed by atoms with Crippen LogP contribution in [0.4, 0.5) is 0 Å². The molecule has 0 aliphatic heterocycles. The van der Waals surface area contributed by atoms with Crippen LogP contribution >= 0.6 is 0 Å². The Balaban J connectivity index is 2.07. The Morgan fingerprint density at radius 2 is 1.90 bits per heavy atom. The minimum atomic E-state index is 1.00. The second-order valence-corrected chi connectivity index (χ2v) is 3.29. The highest BCUT2D eigenvalue weighted by Gasteiger charge is 2.11. The molecule has 0 spiro atoms. The van der Waals surface area contributed by atoms with E-state index in [0.717, 1.165) is 12.3 Å². The third-order valence-corrected chi connectivity index (χ3v) is 2.45. The largest absolute Gasteiger partial charge is 0.0956 e. The quantitative estimate of drug-likeness (QED) is 0.559. The van der Waals surface area contributed by atoms with Crippen molar-refractivity contribution in [1.82, 2.24) is 0 Å². The Morgan fingerprint density at radius 3 is 2.50 bits per heavy atom. The summed E-state index contributed by atoms with van der Waals surface area (Å²) in [5.74, 6) is 1.00. The number of hydrogen-bond donors (Lipinski definition) is 0. The molecule has 0 nitrogen and oxygen atoms in total. The lowest BCUT2D eigenvalue weighted by Crippen LogP contribution is -2.05. The summed E-state index contributed by atoms with van der Waals surface area (Å²) in [4.78, 5) is 0. The van der Waals surface area contributed by atoms with Gasteiger partial charge in [0.2, 0.25) is 0 Å². The van der Waals surface area contributed by atoms with Crippen molar-refractivity contribution < 1.29 is 0 Å². The summed E-state index contributed by atoms with van der Waals surface area (Å²) in [6.45, 7) is 3.62. The molecule has 1 aliphatic carbocycles. The molecule has 0 aromatic rings. The molecule has 0 saturated heterocycles. The van der Waals surface area contributed by atoms with E-state index in [9.17, 15) is 0 Å². The highest BCUT2D eigenvalue weighted by molar-refractivity contribution is 4.68. The maximum Gasteiger partial charge on any atom is -0.0280 e. The van der Waals surface area contributed by atoms with Crippen molar-refractivity contribution in [2.75, 3.05) is 0 Å². The summed E-state index contributed by atoms with van der Waals surface area (Å²) >= 11 is 0. The van der Waals surface area contributed by atoms with Gasteiger partial charge in [0.1, 0.15) is 0 Å². The minimum Gasteiger partial charge on any atom is -0.0956 e. The van der Waals surface area contributed by atoms with Gasteiger partial charge in [-0.05, 0) is 18.8 Å². The summed E-state index contributed by atoms with van der Waals surface area (Å²) in [5.41, 5.74) is 0. The molecular weight excluding hydrogens is 120 g/mol. The fourth-order valence-electron chi connectivity index (χ4n) is 1.78. The Bertz CT molecular complexity index is 88.2. The lowest BCUT2D eigenvalue weighted by Gasteiger charge is -2.20. The van der Waals surface area contributed by atoms with Gasteiger partial charge >= 0.3 is 0 Å².